The second kappa shape index (κ2) is 9.03. The molecule has 156 valence electrons. The van der Waals surface area contributed by atoms with Crippen LogP contribution < -0.4 is 4.74 Å². The van der Waals surface area contributed by atoms with E-state index < -0.39 is 29.7 Å². The van der Waals surface area contributed by atoms with E-state index in [1.54, 1.807) is 6.92 Å². The average molecular weight is 428 g/mol. The third kappa shape index (κ3) is 4.66. The molecule has 1 aromatic carbocycles. The van der Waals surface area contributed by atoms with Crippen molar-refractivity contribution < 1.29 is 27.4 Å². The Labute approximate surface area is 172 Å². The zero-order valence-electron chi connectivity index (χ0n) is 16.1. The first-order valence-electron chi connectivity index (χ1n) is 9.34. The number of hydrogen-bond acceptors (Lipinski definition) is 4. The molecular formula is C21H21ClF3NO3. The number of nitrogens with zero attached hydrogens (tertiary/aromatic N) is 1. The second-order valence-electron chi connectivity index (χ2n) is 6.92. The molecule has 1 aliphatic carbocycles. The normalized spacial score (nSPS) is 14.7. The number of carbonyl (C=O) groups is 1. The molecule has 0 radical (unpaired) electrons. The standard InChI is InChI=1S/C21H21ClF3NO3/c1-3-29-21(27)13(8-11-4-5-11)16-9-17(28-2)14(10-26-16)18-12(20(24)25)6-7-15(22)19(18)23/h6-7,9-11,13,20H,3-5,8H2,1-2H3. The van der Waals surface area contributed by atoms with Gasteiger partial charge in [0.1, 0.15) is 11.6 Å². The summed E-state index contributed by atoms with van der Waals surface area (Å²) in [4.78, 5) is 16.7. The number of ether oxygens (including phenoxy) is 2. The second-order valence-corrected chi connectivity index (χ2v) is 7.33. The van der Waals surface area contributed by atoms with Crippen molar-refractivity contribution in [2.24, 2.45) is 5.92 Å². The molecule has 0 bridgehead atoms. The van der Waals surface area contributed by atoms with Gasteiger partial charge in [-0.05, 0) is 25.3 Å². The molecule has 29 heavy (non-hydrogen) atoms. The number of carbonyl (C=O) groups excluding carboxylic acids is 1. The van der Waals surface area contributed by atoms with Gasteiger partial charge in [-0.25, -0.2) is 13.2 Å². The number of hydrogen-bond donors (Lipinski definition) is 0. The Morgan fingerprint density at radius 1 is 1.34 bits per heavy atom. The molecule has 1 saturated carbocycles. The van der Waals surface area contributed by atoms with Gasteiger partial charge in [-0.1, -0.05) is 30.5 Å². The van der Waals surface area contributed by atoms with Gasteiger partial charge in [0.25, 0.3) is 6.43 Å². The van der Waals surface area contributed by atoms with E-state index in [2.05, 4.69) is 4.98 Å². The smallest absolute Gasteiger partial charge is 0.315 e. The van der Waals surface area contributed by atoms with Crippen LogP contribution in [0.5, 0.6) is 5.75 Å². The van der Waals surface area contributed by atoms with Crippen molar-refractivity contribution in [1.82, 2.24) is 4.98 Å². The number of aromatic nitrogens is 1. The number of methoxy groups -OCH3 is 1. The highest BCUT2D eigenvalue weighted by atomic mass is 35.5. The minimum atomic E-state index is -2.91. The van der Waals surface area contributed by atoms with Gasteiger partial charge in [0.2, 0.25) is 0 Å². The number of halogens is 4. The lowest BCUT2D eigenvalue weighted by molar-refractivity contribution is -0.145. The molecule has 1 unspecified atom stereocenters. The van der Waals surface area contributed by atoms with Gasteiger partial charge in [0.15, 0.2) is 0 Å². The Bertz CT molecular complexity index is 903. The molecule has 1 atom stereocenters. The molecule has 4 nitrogen and oxygen atoms in total. The molecule has 2 aromatic rings. The summed E-state index contributed by atoms with van der Waals surface area (Å²) in [6, 6.07) is 3.64. The van der Waals surface area contributed by atoms with E-state index in [-0.39, 0.29) is 28.5 Å². The van der Waals surface area contributed by atoms with E-state index in [4.69, 9.17) is 21.1 Å². The van der Waals surface area contributed by atoms with Gasteiger partial charge in [-0.3, -0.25) is 9.78 Å². The third-order valence-electron chi connectivity index (χ3n) is 4.93. The van der Waals surface area contributed by atoms with E-state index in [0.717, 1.165) is 25.0 Å². The fourth-order valence-electron chi connectivity index (χ4n) is 3.29. The predicted molar refractivity (Wildman–Crippen MR) is 103 cm³/mol. The fraction of sp³-hybridized carbons (Fsp3) is 0.429. The maximum absolute atomic E-state index is 14.7. The average Bonchev–Trinajstić information content (AvgIpc) is 3.52. The van der Waals surface area contributed by atoms with Crippen LogP contribution in [0.25, 0.3) is 11.1 Å². The summed E-state index contributed by atoms with van der Waals surface area (Å²) in [6.45, 7) is 1.96. The van der Waals surface area contributed by atoms with E-state index in [1.165, 1.54) is 19.4 Å². The van der Waals surface area contributed by atoms with Crippen molar-refractivity contribution in [2.45, 2.75) is 38.5 Å². The molecule has 1 heterocycles. The summed E-state index contributed by atoms with van der Waals surface area (Å²) in [7, 11) is 1.34. The van der Waals surface area contributed by atoms with Gasteiger partial charge in [0.05, 0.1) is 30.4 Å². The zero-order chi connectivity index (χ0) is 21.1. The van der Waals surface area contributed by atoms with Gasteiger partial charge >= 0.3 is 5.97 Å². The molecule has 8 heteroatoms. The van der Waals surface area contributed by atoms with Crippen molar-refractivity contribution in [2.75, 3.05) is 13.7 Å². The van der Waals surface area contributed by atoms with E-state index >= 15 is 0 Å². The quantitative estimate of drug-likeness (QED) is 0.489. The molecule has 0 aliphatic heterocycles. The number of benzene rings is 1. The Kier molecular flexibility index (Phi) is 6.67. The van der Waals surface area contributed by atoms with Gasteiger partial charge < -0.3 is 9.47 Å². The summed E-state index contributed by atoms with van der Waals surface area (Å²) in [6.07, 6.45) is 0.992. The minimum absolute atomic E-state index is 0.0422. The van der Waals surface area contributed by atoms with Gasteiger partial charge in [0, 0.05) is 29.0 Å². The Hall–Kier alpha value is -2.28. The van der Waals surface area contributed by atoms with Crippen molar-refractivity contribution in [3.8, 4) is 16.9 Å². The molecule has 1 fully saturated rings. The summed E-state index contributed by atoms with van der Waals surface area (Å²) in [5, 5.41) is -0.284. The van der Waals surface area contributed by atoms with E-state index in [9.17, 15) is 18.0 Å². The lowest BCUT2D eigenvalue weighted by Gasteiger charge is -2.18. The van der Waals surface area contributed by atoms with E-state index in [0.29, 0.717) is 18.0 Å². The zero-order valence-corrected chi connectivity index (χ0v) is 16.8. The third-order valence-corrected chi connectivity index (χ3v) is 5.22. The molecular weight excluding hydrogens is 407 g/mol. The van der Waals surface area contributed by atoms with Crippen LogP contribution in [0.2, 0.25) is 5.02 Å². The Morgan fingerprint density at radius 3 is 2.66 bits per heavy atom. The van der Waals surface area contributed by atoms with Gasteiger partial charge in [-0.2, -0.15) is 0 Å². The van der Waals surface area contributed by atoms with Crippen molar-refractivity contribution in [3.05, 3.63) is 46.5 Å². The molecule has 0 spiro atoms. The topological polar surface area (TPSA) is 48.4 Å². The van der Waals surface area contributed by atoms with Crippen LogP contribution in [0.3, 0.4) is 0 Å². The molecule has 1 aliphatic rings. The minimum Gasteiger partial charge on any atom is -0.496 e. The number of pyridine rings is 1. The summed E-state index contributed by atoms with van der Waals surface area (Å²) in [5.74, 6) is -1.42. The van der Waals surface area contributed by atoms with Crippen LogP contribution in [0.15, 0.2) is 24.4 Å². The number of alkyl halides is 2. The summed E-state index contributed by atoms with van der Waals surface area (Å²) < 4.78 is 52.1. The molecule has 0 saturated heterocycles. The highest BCUT2D eigenvalue weighted by Gasteiger charge is 2.33. The Morgan fingerprint density at radius 2 is 2.07 bits per heavy atom. The monoisotopic (exact) mass is 427 g/mol. The van der Waals surface area contributed by atoms with Crippen LogP contribution >= 0.6 is 11.6 Å². The maximum Gasteiger partial charge on any atom is 0.315 e. The molecule has 3 rings (SSSR count). The Balaban J connectivity index is 2.08. The number of rotatable bonds is 8. The largest absolute Gasteiger partial charge is 0.496 e. The molecule has 0 N–H and O–H groups in total. The van der Waals surface area contributed by atoms with Crippen LogP contribution in [-0.4, -0.2) is 24.7 Å². The lowest BCUT2D eigenvalue weighted by atomic mass is 9.95. The van der Waals surface area contributed by atoms with Crippen LogP contribution in [-0.2, 0) is 9.53 Å². The molecule has 1 aromatic heterocycles. The first kappa shape index (κ1) is 21.4. The van der Waals surface area contributed by atoms with Crippen LogP contribution in [0.1, 0.15) is 49.8 Å². The van der Waals surface area contributed by atoms with Crippen molar-refractivity contribution in [3.63, 3.8) is 0 Å². The molecule has 0 amide bonds. The summed E-state index contributed by atoms with van der Waals surface area (Å²) in [5.41, 5.74) is -0.435. The number of esters is 1. The first-order valence-corrected chi connectivity index (χ1v) is 9.72. The highest BCUT2D eigenvalue weighted by molar-refractivity contribution is 6.31. The maximum atomic E-state index is 14.7. The first-order chi connectivity index (χ1) is 13.9. The SMILES string of the molecule is CCOC(=O)C(CC1CC1)c1cc(OC)c(-c2c(C(F)F)ccc(Cl)c2F)cn1. The van der Waals surface area contributed by atoms with Gasteiger partial charge in [-0.15, -0.1) is 0 Å². The highest BCUT2D eigenvalue weighted by Crippen LogP contribution is 2.43. The summed E-state index contributed by atoms with van der Waals surface area (Å²) >= 11 is 5.82. The van der Waals surface area contributed by atoms with E-state index in [1.807, 2.05) is 0 Å². The van der Waals surface area contributed by atoms with Crippen LogP contribution in [0, 0.1) is 11.7 Å². The van der Waals surface area contributed by atoms with Crippen molar-refractivity contribution >= 4 is 17.6 Å². The lowest BCUT2D eigenvalue weighted by Crippen LogP contribution is -2.18. The van der Waals surface area contributed by atoms with Crippen molar-refractivity contribution in [1.29, 1.82) is 0 Å². The van der Waals surface area contributed by atoms with Crippen LogP contribution in [0.4, 0.5) is 13.2 Å². The predicted octanol–water partition coefficient (Wildman–Crippen LogP) is 5.93. The fourth-order valence-corrected chi connectivity index (χ4v) is 3.45.